The fourth-order valence-corrected chi connectivity index (χ4v) is 2.01. The van der Waals surface area contributed by atoms with Crippen molar-refractivity contribution in [1.82, 2.24) is 0 Å². The number of ether oxygens (including phenoxy) is 1. The second kappa shape index (κ2) is 6.10. The topological polar surface area (TPSA) is 64.3 Å². The molecule has 20 heavy (non-hydrogen) atoms. The standard InChI is InChI=1S/C16H18N2O2/c1-11-5-3-8-14(17)16(11)18-15(19)10-12-6-4-7-13(9-12)20-2/h3-9H,10,17H2,1-2H3,(H,18,19). The van der Waals surface area contributed by atoms with E-state index >= 15 is 0 Å². The molecule has 3 N–H and O–H groups in total. The monoisotopic (exact) mass is 270 g/mol. The van der Waals surface area contributed by atoms with E-state index in [1.54, 1.807) is 13.2 Å². The molecule has 0 unspecified atom stereocenters. The number of aryl methyl sites for hydroxylation is 1. The number of carbonyl (C=O) groups excluding carboxylic acids is 1. The Morgan fingerprint density at radius 3 is 2.70 bits per heavy atom. The van der Waals surface area contributed by atoms with Gasteiger partial charge < -0.3 is 15.8 Å². The van der Waals surface area contributed by atoms with Crippen molar-refractivity contribution < 1.29 is 9.53 Å². The highest BCUT2D eigenvalue weighted by Gasteiger charge is 2.09. The van der Waals surface area contributed by atoms with Crippen LogP contribution in [0.2, 0.25) is 0 Å². The first-order chi connectivity index (χ1) is 9.60. The Bertz CT molecular complexity index is 603. The molecule has 1 amide bonds. The number of anilines is 2. The highest BCUT2D eigenvalue weighted by molar-refractivity contribution is 5.96. The summed E-state index contributed by atoms with van der Waals surface area (Å²) in [5.41, 5.74) is 8.97. The summed E-state index contributed by atoms with van der Waals surface area (Å²) >= 11 is 0. The Morgan fingerprint density at radius 1 is 1.25 bits per heavy atom. The van der Waals surface area contributed by atoms with Crippen LogP contribution in [0.4, 0.5) is 11.4 Å². The van der Waals surface area contributed by atoms with Crippen LogP contribution in [-0.2, 0) is 11.2 Å². The Hall–Kier alpha value is -2.49. The molecule has 0 aliphatic rings. The number of hydrogen-bond acceptors (Lipinski definition) is 3. The molecule has 0 spiro atoms. The van der Waals surface area contributed by atoms with Crippen LogP contribution >= 0.6 is 0 Å². The predicted octanol–water partition coefficient (Wildman–Crippen LogP) is 2.77. The highest BCUT2D eigenvalue weighted by Crippen LogP contribution is 2.22. The van der Waals surface area contributed by atoms with Crippen molar-refractivity contribution in [1.29, 1.82) is 0 Å². The van der Waals surface area contributed by atoms with Gasteiger partial charge in [-0.3, -0.25) is 4.79 Å². The number of hydrogen-bond donors (Lipinski definition) is 2. The van der Waals surface area contributed by atoms with Crippen molar-refractivity contribution in [3.8, 4) is 5.75 Å². The van der Waals surface area contributed by atoms with E-state index in [1.807, 2.05) is 43.3 Å². The van der Waals surface area contributed by atoms with Crippen LogP contribution in [-0.4, -0.2) is 13.0 Å². The maximum absolute atomic E-state index is 12.1. The number of rotatable bonds is 4. The van der Waals surface area contributed by atoms with Gasteiger partial charge in [0.2, 0.25) is 5.91 Å². The van der Waals surface area contributed by atoms with Crippen molar-refractivity contribution in [3.63, 3.8) is 0 Å². The van der Waals surface area contributed by atoms with Gasteiger partial charge in [0.15, 0.2) is 0 Å². The van der Waals surface area contributed by atoms with E-state index < -0.39 is 0 Å². The Labute approximate surface area is 118 Å². The molecule has 0 aliphatic heterocycles. The van der Waals surface area contributed by atoms with Crippen molar-refractivity contribution in [2.75, 3.05) is 18.2 Å². The normalized spacial score (nSPS) is 10.1. The van der Waals surface area contributed by atoms with Crippen molar-refractivity contribution >= 4 is 17.3 Å². The summed E-state index contributed by atoms with van der Waals surface area (Å²) in [6, 6.07) is 13.0. The zero-order valence-corrected chi connectivity index (χ0v) is 11.6. The first kappa shape index (κ1) is 13.9. The summed E-state index contributed by atoms with van der Waals surface area (Å²) in [4.78, 5) is 12.1. The SMILES string of the molecule is COc1cccc(CC(=O)Nc2c(C)cccc2N)c1. The molecule has 2 rings (SSSR count). The fraction of sp³-hybridized carbons (Fsp3) is 0.188. The lowest BCUT2D eigenvalue weighted by Gasteiger charge is -2.11. The van der Waals surface area contributed by atoms with Gasteiger partial charge in [0.1, 0.15) is 5.75 Å². The molecular formula is C16H18N2O2. The van der Waals surface area contributed by atoms with Crippen LogP contribution in [0.25, 0.3) is 0 Å². The minimum atomic E-state index is -0.0979. The van der Waals surface area contributed by atoms with Crippen LogP contribution in [0, 0.1) is 6.92 Å². The minimum Gasteiger partial charge on any atom is -0.497 e. The summed E-state index contributed by atoms with van der Waals surface area (Å²) in [5, 5.41) is 2.86. The molecule has 4 nitrogen and oxygen atoms in total. The average molecular weight is 270 g/mol. The smallest absolute Gasteiger partial charge is 0.228 e. The Morgan fingerprint density at radius 2 is 2.00 bits per heavy atom. The van der Waals surface area contributed by atoms with E-state index in [9.17, 15) is 4.79 Å². The lowest BCUT2D eigenvalue weighted by atomic mass is 10.1. The molecule has 104 valence electrons. The van der Waals surface area contributed by atoms with E-state index in [1.165, 1.54) is 0 Å². The second-order valence-corrected chi connectivity index (χ2v) is 4.62. The van der Waals surface area contributed by atoms with E-state index in [-0.39, 0.29) is 12.3 Å². The van der Waals surface area contributed by atoms with Gasteiger partial charge in [0.25, 0.3) is 0 Å². The number of para-hydroxylation sites is 1. The third-order valence-corrected chi connectivity index (χ3v) is 3.07. The maximum atomic E-state index is 12.1. The predicted molar refractivity (Wildman–Crippen MR) is 80.9 cm³/mol. The van der Waals surface area contributed by atoms with E-state index in [0.29, 0.717) is 11.4 Å². The van der Waals surface area contributed by atoms with Gasteiger partial charge in [0, 0.05) is 0 Å². The van der Waals surface area contributed by atoms with Gasteiger partial charge in [-0.15, -0.1) is 0 Å². The molecule has 2 aromatic carbocycles. The van der Waals surface area contributed by atoms with E-state index in [0.717, 1.165) is 16.9 Å². The molecule has 0 bridgehead atoms. The highest BCUT2D eigenvalue weighted by atomic mass is 16.5. The van der Waals surface area contributed by atoms with E-state index in [4.69, 9.17) is 10.5 Å². The van der Waals surface area contributed by atoms with Crippen molar-refractivity contribution in [2.45, 2.75) is 13.3 Å². The van der Waals surface area contributed by atoms with Gasteiger partial charge in [0.05, 0.1) is 24.9 Å². The Balaban J connectivity index is 2.09. The molecule has 0 radical (unpaired) electrons. The largest absolute Gasteiger partial charge is 0.497 e. The maximum Gasteiger partial charge on any atom is 0.228 e. The lowest BCUT2D eigenvalue weighted by molar-refractivity contribution is -0.115. The number of carbonyl (C=O) groups is 1. The van der Waals surface area contributed by atoms with Crippen LogP contribution in [0.3, 0.4) is 0 Å². The molecule has 0 atom stereocenters. The number of nitrogens with two attached hydrogens (primary N) is 1. The van der Waals surface area contributed by atoms with Gasteiger partial charge in [-0.05, 0) is 36.2 Å². The molecule has 2 aromatic rings. The number of nitrogen functional groups attached to an aromatic ring is 1. The van der Waals surface area contributed by atoms with Crippen LogP contribution in [0.15, 0.2) is 42.5 Å². The number of nitrogens with one attached hydrogen (secondary N) is 1. The van der Waals surface area contributed by atoms with Crippen molar-refractivity contribution in [3.05, 3.63) is 53.6 Å². The van der Waals surface area contributed by atoms with Gasteiger partial charge in [-0.1, -0.05) is 24.3 Å². The summed E-state index contributed by atoms with van der Waals surface area (Å²) in [7, 11) is 1.60. The molecule has 0 saturated carbocycles. The third kappa shape index (κ3) is 3.29. The first-order valence-corrected chi connectivity index (χ1v) is 6.38. The molecule has 0 heterocycles. The number of methoxy groups -OCH3 is 1. The molecule has 0 aromatic heterocycles. The number of benzene rings is 2. The first-order valence-electron chi connectivity index (χ1n) is 6.38. The number of amides is 1. The lowest BCUT2D eigenvalue weighted by Crippen LogP contribution is -2.16. The second-order valence-electron chi connectivity index (χ2n) is 4.62. The van der Waals surface area contributed by atoms with Crippen LogP contribution < -0.4 is 15.8 Å². The third-order valence-electron chi connectivity index (χ3n) is 3.07. The van der Waals surface area contributed by atoms with Gasteiger partial charge >= 0.3 is 0 Å². The Kier molecular flexibility index (Phi) is 4.25. The molecule has 0 saturated heterocycles. The average Bonchev–Trinajstić information content (AvgIpc) is 2.43. The van der Waals surface area contributed by atoms with Crippen molar-refractivity contribution in [2.24, 2.45) is 0 Å². The summed E-state index contributed by atoms with van der Waals surface area (Å²) in [6.07, 6.45) is 0.283. The molecule has 0 aliphatic carbocycles. The fourth-order valence-electron chi connectivity index (χ4n) is 2.01. The van der Waals surface area contributed by atoms with E-state index in [2.05, 4.69) is 5.32 Å². The van der Waals surface area contributed by atoms with Crippen LogP contribution in [0.5, 0.6) is 5.75 Å². The van der Waals surface area contributed by atoms with Crippen LogP contribution in [0.1, 0.15) is 11.1 Å². The summed E-state index contributed by atoms with van der Waals surface area (Å²) in [6.45, 7) is 1.91. The van der Waals surface area contributed by atoms with Gasteiger partial charge in [-0.2, -0.15) is 0 Å². The summed E-state index contributed by atoms with van der Waals surface area (Å²) < 4.78 is 5.14. The van der Waals surface area contributed by atoms with Gasteiger partial charge in [-0.25, -0.2) is 0 Å². The quantitative estimate of drug-likeness (QED) is 0.840. The minimum absolute atomic E-state index is 0.0979. The zero-order chi connectivity index (χ0) is 14.5. The zero-order valence-electron chi connectivity index (χ0n) is 11.6. The molecule has 4 heteroatoms. The summed E-state index contributed by atoms with van der Waals surface area (Å²) in [5.74, 6) is 0.643. The molecule has 0 fully saturated rings. The molecular weight excluding hydrogens is 252 g/mol.